The van der Waals surface area contributed by atoms with Gasteiger partial charge in [0.1, 0.15) is 0 Å². The Labute approximate surface area is 262 Å². The fourth-order valence-corrected chi connectivity index (χ4v) is 6.04. The Hall–Kier alpha value is -4.26. The Morgan fingerprint density at radius 3 is 1.02 bits per heavy atom. The van der Waals surface area contributed by atoms with Crippen LogP contribution >= 0.6 is 0 Å². The molecule has 228 valence electrons. The van der Waals surface area contributed by atoms with E-state index in [4.69, 9.17) is 0 Å². The van der Waals surface area contributed by atoms with Gasteiger partial charge in [-0.15, -0.1) is 0 Å². The summed E-state index contributed by atoms with van der Waals surface area (Å²) in [6, 6.07) is 40.0. The molecule has 0 unspecified atom stereocenters. The zero-order chi connectivity index (χ0) is 30.4. The molecule has 1 aliphatic rings. The fraction of sp³-hybridized carbons (Fsp3) is 0.316. The van der Waals surface area contributed by atoms with E-state index in [1.165, 1.54) is 0 Å². The van der Waals surface area contributed by atoms with Crippen LogP contribution in [0, 0.1) is 0 Å². The molecule has 5 rings (SSSR count). The number of rotatable bonds is 14. The van der Waals surface area contributed by atoms with Gasteiger partial charge in [-0.05, 0) is 48.2 Å². The van der Waals surface area contributed by atoms with Crippen LogP contribution in [0.3, 0.4) is 0 Å². The Bertz CT molecular complexity index is 1220. The molecule has 1 aliphatic heterocycles. The number of carbonyl (C=O) groups is 2. The first-order valence-corrected chi connectivity index (χ1v) is 15.9. The number of hydrogen-bond acceptors (Lipinski definition) is 4. The van der Waals surface area contributed by atoms with E-state index in [0.717, 1.165) is 74.4 Å². The largest absolute Gasteiger partial charge is 0.355 e. The van der Waals surface area contributed by atoms with Crippen molar-refractivity contribution in [2.24, 2.45) is 0 Å². The van der Waals surface area contributed by atoms with E-state index in [2.05, 4.69) is 20.4 Å². The monoisotopic (exact) mass is 588 g/mol. The van der Waals surface area contributed by atoms with Crippen molar-refractivity contribution in [1.29, 1.82) is 0 Å². The highest BCUT2D eigenvalue weighted by Crippen LogP contribution is 2.26. The highest BCUT2D eigenvalue weighted by Gasteiger charge is 2.24. The Morgan fingerprint density at radius 1 is 0.477 bits per heavy atom. The molecule has 1 fully saturated rings. The van der Waals surface area contributed by atoms with Gasteiger partial charge in [-0.1, -0.05) is 121 Å². The standard InChI is InChI=1S/C38H44N4O2/c43-37(35(31-15-5-1-6-16-31)32-17-7-2-8-18-32)39-23-13-25-41-27-29-42(30-28-41)26-14-24-40-38(44)36(33-19-9-3-10-20-33)34-21-11-4-12-22-34/h1-12,15-22,35-36H,13-14,23-30H2,(H,39,43)(H,40,44). The molecule has 6 nitrogen and oxygen atoms in total. The van der Waals surface area contributed by atoms with Crippen molar-refractivity contribution in [3.63, 3.8) is 0 Å². The molecular formula is C38H44N4O2. The zero-order valence-electron chi connectivity index (χ0n) is 25.5. The van der Waals surface area contributed by atoms with E-state index in [-0.39, 0.29) is 23.7 Å². The van der Waals surface area contributed by atoms with Crippen molar-refractivity contribution in [3.8, 4) is 0 Å². The number of nitrogens with one attached hydrogen (secondary N) is 2. The first kappa shape index (κ1) is 31.2. The summed E-state index contributed by atoms with van der Waals surface area (Å²) in [5.74, 6) is -0.488. The summed E-state index contributed by atoms with van der Waals surface area (Å²) in [6.07, 6.45) is 1.86. The number of piperazine rings is 1. The number of carbonyl (C=O) groups excluding carboxylic acids is 2. The summed E-state index contributed by atoms with van der Waals surface area (Å²) in [4.78, 5) is 31.4. The molecule has 0 aliphatic carbocycles. The van der Waals surface area contributed by atoms with Crippen LogP contribution in [0.1, 0.15) is 46.9 Å². The summed E-state index contributed by atoms with van der Waals surface area (Å²) < 4.78 is 0. The number of benzene rings is 4. The predicted molar refractivity (Wildman–Crippen MR) is 178 cm³/mol. The minimum absolute atomic E-state index is 0.0539. The van der Waals surface area contributed by atoms with Crippen LogP contribution in [0.4, 0.5) is 0 Å². The summed E-state index contributed by atoms with van der Waals surface area (Å²) in [6.45, 7) is 7.41. The van der Waals surface area contributed by atoms with E-state index < -0.39 is 0 Å². The molecule has 0 saturated carbocycles. The van der Waals surface area contributed by atoms with E-state index in [0.29, 0.717) is 13.1 Å². The van der Waals surface area contributed by atoms with Crippen LogP contribution in [0.2, 0.25) is 0 Å². The molecule has 0 spiro atoms. The number of nitrogens with zero attached hydrogens (tertiary/aromatic N) is 2. The molecule has 2 amide bonds. The topological polar surface area (TPSA) is 64.7 Å². The molecular weight excluding hydrogens is 544 g/mol. The highest BCUT2D eigenvalue weighted by atomic mass is 16.2. The molecule has 44 heavy (non-hydrogen) atoms. The molecule has 0 atom stereocenters. The molecule has 0 radical (unpaired) electrons. The molecule has 1 heterocycles. The fourth-order valence-electron chi connectivity index (χ4n) is 6.04. The SMILES string of the molecule is O=C(NCCCN1CCN(CCCNC(=O)C(c2ccccc2)c2ccccc2)CC1)C(c1ccccc1)c1ccccc1. The van der Waals surface area contributed by atoms with Crippen molar-refractivity contribution in [2.75, 3.05) is 52.4 Å². The average Bonchev–Trinajstić information content (AvgIpc) is 3.08. The van der Waals surface area contributed by atoms with Gasteiger partial charge < -0.3 is 20.4 Å². The van der Waals surface area contributed by atoms with Gasteiger partial charge in [0.25, 0.3) is 0 Å². The molecule has 6 heteroatoms. The lowest BCUT2D eigenvalue weighted by Crippen LogP contribution is -2.47. The lowest BCUT2D eigenvalue weighted by Gasteiger charge is -2.34. The lowest BCUT2D eigenvalue weighted by molar-refractivity contribution is -0.122. The highest BCUT2D eigenvalue weighted by molar-refractivity contribution is 5.87. The maximum atomic E-state index is 13.2. The van der Waals surface area contributed by atoms with Crippen molar-refractivity contribution in [2.45, 2.75) is 24.7 Å². The van der Waals surface area contributed by atoms with Crippen LogP contribution in [0.25, 0.3) is 0 Å². The smallest absolute Gasteiger partial charge is 0.232 e. The normalized spacial score (nSPS) is 14.0. The lowest BCUT2D eigenvalue weighted by atomic mass is 9.90. The second kappa shape index (κ2) is 16.6. The Kier molecular flexibility index (Phi) is 11.7. The van der Waals surface area contributed by atoms with Gasteiger partial charge in [-0.2, -0.15) is 0 Å². The van der Waals surface area contributed by atoms with E-state index in [9.17, 15) is 9.59 Å². The minimum atomic E-state index is -0.298. The molecule has 0 aromatic heterocycles. The summed E-state index contributed by atoms with van der Waals surface area (Å²) in [5.41, 5.74) is 4.05. The maximum Gasteiger partial charge on any atom is 0.232 e. The van der Waals surface area contributed by atoms with Gasteiger partial charge in [0.2, 0.25) is 11.8 Å². The van der Waals surface area contributed by atoms with Crippen molar-refractivity contribution in [1.82, 2.24) is 20.4 Å². The summed E-state index contributed by atoms with van der Waals surface area (Å²) in [5, 5.41) is 6.38. The van der Waals surface area contributed by atoms with Crippen LogP contribution in [-0.2, 0) is 9.59 Å². The summed E-state index contributed by atoms with van der Waals surface area (Å²) >= 11 is 0. The van der Waals surface area contributed by atoms with Gasteiger partial charge in [-0.25, -0.2) is 0 Å². The third-order valence-electron chi connectivity index (χ3n) is 8.42. The van der Waals surface area contributed by atoms with Gasteiger partial charge in [0.15, 0.2) is 0 Å². The average molecular weight is 589 g/mol. The molecule has 1 saturated heterocycles. The van der Waals surface area contributed by atoms with Crippen LogP contribution < -0.4 is 10.6 Å². The van der Waals surface area contributed by atoms with Crippen LogP contribution in [0.5, 0.6) is 0 Å². The van der Waals surface area contributed by atoms with E-state index >= 15 is 0 Å². The zero-order valence-corrected chi connectivity index (χ0v) is 25.5. The van der Waals surface area contributed by atoms with Crippen LogP contribution in [-0.4, -0.2) is 74.0 Å². The summed E-state index contributed by atoms with van der Waals surface area (Å²) in [7, 11) is 0. The first-order valence-electron chi connectivity index (χ1n) is 15.9. The molecule has 0 bridgehead atoms. The van der Waals surface area contributed by atoms with Crippen molar-refractivity contribution >= 4 is 11.8 Å². The minimum Gasteiger partial charge on any atom is -0.355 e. The van der Waals surface area contributed by atoms with Gasteiger partial charge in [-0.3, -0.25) is 9.59 Å². The third kappa shape index (κ3) is 8.88. The van der Waals surface area contributed by atoms with Crippen molar-refractivity contribution < 1.29 is 9.59 Å². The van der Waals surface area contributed by atoms with Gasteiger partial charge in [0, 0.05) is 39.3 Å². The first-order chi connectivity index (χ1) is 21.7. The second-order valence-electron chi connectivity index (χ2n) is 11.5. The van der Waals surface area contributed by atoms with E-state index in [1.54, 1.807) is 0 Å². The van der Waals surface area contributed by atoms with E-state index in [1.807, 2.05) is 121 Å². The molecule has 4 aromatic carbocycles. The molecule has 2 N–H and O–H groups in total. The van der Waals surface area contributed by atoms with Gasteiger partial charge >= 0.3 is 0 Å². The number of hydrogen-bond donors (Lipinski definition) is 2. The van der Waals surface area contributed by atoms with Crippen molar-refractivity contribution in [3.05, 3.63) is 144 Å². The Balaban J connectivity index is 0.992. The molecule has 4 aromatic rings. The second-order valence-corrected chi connectivity index (χ2v) is 11.5. The van der Waals surface area contributed by atoms with Gasteiger partial charge in [0.05, 0.1) is 11.8 Å². The quantitative estimate of drug-likeness (QED) is 0.197. The van der Waals surface area contributed by atoms with Crippen LogP contribution in [0.15, 0.2) is 121 Å². The Morgan fingerprint density at radius 2 is 0.750 bits per heavy atom. The maximum absolute atomic E-state index is 13.2. The third-order valence-corrected chi connectivity index (χ3v) is 8.42. The predicted octanol–water partition coefficient (Wildman–Crippen LogP) is 5.28. The number of amides is 2.